The van der Waals surface area contributed by atoms with Crippen molar-refractivity contribution in [2.45, 2.75) is 56.5 Å². The van der Waals surface area contributed by atoms with Crippen molar-refractivity contribution >= 4 is 33.3 Å². The lowest BCUT2D eigenvalue weighted by Gasteiger charge is -2.12. The average molecular weight is 319 g/mol. The number of hydrogen-bond acceptors (Lipinski definition) is 5. The molecule has 0 N–H and O–H groups in total. The summed E-state index contributed by atoms with van der Waals surface area (Å²) in [4.78, 5) is 19.7. The number of fused-ring (bicyclic) bond motifs is 3. The third kappa shape index (κ3) is 2.49. The van der Waals surface area contributed by atoms with Gasteiger partial charge in [-0.1, -0.05) is 18.7 Å². The number of hydrogen-bond donors (Lipinski definition) is 0. The van der Waals surface area contributed by atoms with Gasteiger partial charge in [-0.3, -0.25) is 9.36 Å². The number of thioether (sulfide) groups is 1. The van der Waals surface area contributed by atoms with E-state index in [9.17, 15) is 4.79 Å². The summed E-state index contributed by atoms with van der Waals surface area (Å²) in [5.74, 6) is 0. The van der Waals surface area contributed by atoms with E-state index in [0.717, 1.165) is 35.9 Å². The summed E-state index contributed by atoms with van der Waals surface area (Å²) in [5, 5.41) is 10.3. The second-order valence-electron chi connectivity index (χ2n) is 5.28. The van der Waals surface area contributed by atoms with Crippen LogP contribution in [0, 0.1) is 11.3 Å². The smallest absolute Gasteiger partial charge is 0.263 e. The molecular weight excluding hydrogens is 302 g/mol. The second kappa shape index (κ2) is 5.82. The lowest BCUT2D eigenvalue weighted by atomic mass is 10.2. The largest absolute Gasteiger partial charge is 0.287 e. The predicted molar refractivity (Wildman–Crippen MR) is 87.1 cm³/mol. The van der Waals surface area contributed by atoms with Crippen LogP contribution >= 0.6 is 23.1 Å². The molecule has 6 heteroatoms. The fourth-order valence-electron chi connectivity index (χ4n) is 2.75. The topological polar surface area (TPSA) is 58.7 Å². The molecule has 3 rings (SSSR count). The van der Waals surface area contributed by atoms with E-state index < -0.39 is 0 Å². The highest BCUT2D eigenvalue weighted by Crippen LogP contribution is 2.35. The van der Waals surface area contributed by atoms with E-state index in [-0.39, 0.29) is 10.8 Å². The number of rotatable bonds is 4. The first-order chi connectivity index (χ1) is 10.2. The van der Waals surface area contributed by atoms with Crippen LogP contribution in [0.5, 0.6) is 0 Å². The molecule has 2 aromatic heterocycles. The highest BCUT2D eigenvalue weighted by Gasteiger charge is 2.23. The summed E-state index contributed by atoms with van der Waals surface area (Å²) >= 11 is 3.03. The first-order valence-corrected chi connectivity index (χ1v) is 8.96. The fraction of sp³-hybridized carbons (Fsp3) is 0.533. The molecule has 0 amide bonds. The Morgan fingerprint density at radius 3 is 3.05 bits per heavy atom. The predicted octanol–water partition coefficient (Wildman–Crippen LogP) is 3.36. The monoisotopic (exact) mass is 319 g/mol. The summed E-state index contributed by atoms with van der Waals surface area (Å²) in [6, 6.07) is 2.20. The Morgan fingerprint density at radius 2 is 2.33 bits per heavy atom. The number of nitriles is 1. The van der Waals surface area contributed by atoms with Crippen LogP contribution in [0.4, 0.5) is 0 Å². The van der Waals surface area contributed by atoms with Gasteiger partial charge in [-0.25, -0.2) is 4.98 Å². The third-order valence-electron chi connectivity index (χ3n) is 3.70. The second-order valence-corrected chi connectivity index (χ2v) is 7.67. The Morgan fingerprint density at radius 1 is 1.52 bits per heavy atom. The summed E-state index contributed by atoms with van der Waals surface area (Å²) in [5.41, 5.74) is 1.30. The van der Waals surface area contributed by atoms with Gasteiger partial charge in [-0.15, -0.1) is 11.3 Å². The van der Waals surface area contributed by atoms with E-state index in [4.69, 9.17) is 10.2 Å². The van der Waals surface area contributed by atoms with Crippen LogP contribution in [0.25, 0.3) is 10.2 Å². The van der Waals surface area contributed by atoms with Gasteiger partial charge in [0.15, 0.2) is 5.16 Å². The molecular formula is C15H17N3OS2. The minimum atomic E-state index is -0.204. The third-order valence-corrected chi connectivity index (χ3v) is 5.87. The van der Waals surface area contributed by atoms with Crippen molar-refractivity contribution in [3.63, 3.8) is 0 Å². The van der Waals surface area contributed by atoms with E-state index in [0.29, 0.717) is 11.7 Å². The molecule has 0 saturated heterocycles. The van der Waals surface area contributed by atoms with Crippen molar-refractivity contribution < 1.29 is 0 Å². The zero-order valence-electron chi connectivity index (χ0n) is 12.2. The van der Waals surface area contributed by atoms with Crippen LogP contribution in [-0.2, 0) is 19.4 Å². The molecule has 0 radical (unpaired) electrons. The molecule has 0 unspecified atom stereocenters. The molecule has 0 aromatic carbocycles. The Balaban J connectivity index is 2.21. The first-order valence-electron chi connectivity index (χ1n) is 7.27. The maximum atomic E-state index is 12.9. The molecule has 4 nitrogen and oxygen atoms in total. The molecule has 1 atom stereocenters. The standard InChI is InChI=1S/C15H17N3OS2/c1-3-7-18-14(19)12-10-5-4-6-11(10)21-13(12)17-15(18)20-9(2)8-16/h9H,3-7H2,1-2H3/t9-/m1/s1. The minimum Gasteiger partial charge on any atom is -0.287 e. The number of aromatic nitrogens is 2. The molecule has 2 aromatic rings. The van der Waals surface area contributed by atoms with Gasteiger partial charge in [0.25, 0.3) is 5.56 Å². The fourth-order valence-corrected chi connectivity index (χ4v) is 4.88. The van der Waals surface area contributed by atoms with Crippen LogP contribution in [-0.4, -0.2) is 14.8 Å². The van der Waals surface area contributed by atoms with Gasteiger partial charge >= 0.3 is 0 Å². The average Bonchev–Trinajstić information content (AvgIpc) is 3.03. The van der Waals surface area contributed by atoms with Crippen molar-refractivity contribution in [3.05, 3.63) is 20.8 Å². The summed E-state index contributed by atoms with van der Waals surface area (Å²) < 4.78 is 1.76. The van der Waals surface area contributed by atoms with E-state index in [1.165, 1.54) is 22.2 Å². The normalized spacial score (nSPS) is 15.1. The Bertz CT molecular complexity index is 785. The molecule has 0 fully saturated rings. The van der Waals surface area contributed by atoms with Gasteiger partial charge in [-0.05, 0) is 38.2 Å². The molecule has 1 aliphatic carbocycles. The van der Waals surface area contributed by atoms with Crippen LogP contribution in [0.15, 0.2) is 9.95 Å². The quantitative estimate of drug-likeness (QED) is 0.640. The first kappa shape index (κ1) is 14.6. The maximum absolute atomic E-state index is 12.9. The van der Waals surface area contributed by atoms with Gasteiger partial charge in [0.2, 0.25) is 0 Å². The molecule has 0 aliphatic heterocycles. The van der Waals surface area contributed by atoms with E-state index >= 15 is 0 Å². The van der Waals surface area contributed by atoms with Crippen molar-refractivity contribution in [2.24, 2.45) is 0 Å². The molecule has 0 saturated carbocycles. The Kier molecular flexibility index (Phi) is 4.05. The summed E-state index contributed by atoms with van der Waals surface area (Å²) in [6.45, 7) is 4.55. The number of aryl methyl sites for hydroxylation is 2. The van der Waals surface area contributed by atoms with Gasteiger partial charge in [0.05, 0.1) is 16.7 Å². The van der Waals surface area contributed by atoms with E-state index in [2.05, 4.69) is 13.0 Å². The minimum absolute atomic E-state index is 0.0777. The summed E-state index contributed by atoms with van der Waals surface area (Å²) in [6.07, 6.45) is 4.10. The Hall–Kier alpha value is -1.32. The molecule has 0 spiro atoms. The zero-order chi connectivity index (χ0) is 15.0. The van der Waals surface area contributed by atoms with Crippen molar-refractivity contribution in [2.75, 3.05) is 0 Å². The van der Waals surface area contributed by atoms with Gasteiger partial charge in [0.1, 0.15) is 4.83 Å². The highest BCUT2D eigenvalue weighted by atomic mass is 32.2. The number of thiophene rings is 1. The van der Waals surface area contributed by atoms with Gasteiger partial charge in [-0.2, -0.15) is 5.26 Å². The van der Waals surface area contributed by atoms with Crippen molar-refractivity contribution in [3.8, 4) is 6.07 Å². The van der Waals surface area contributed by atoms with Crippen LogP contribution < -0.4 is 5.56 Å². The van der Waals surface area contributed by atoms with Gasteiger partial charge < -0.3 is 0 Å². The highest BCUT2D eigenvalue weighted by molar-refractivity contribution is 8.00. The van der Waals surface area contributed by atoms with E-state index in [1.807, 2.05) is 6.92 Å². The molecule has 2 heterocycles. The molecule has 1 aliphatic rings. The van der Waals surface area contributed by atoms with Crippen LogP contribution in [0.3, 0.4) is 0 Å². The van der Waals surface area contributed by atoms with Crippen molar-refractivity contribution in [1.82, 2.24) is 9.55 Å². The number of nitrogens with zero attached hydrogens (tertiary/aromatic N) is 3. The maximum Gasteiger partial charge on any atom is 0.263 e. The molecule has 21 heavy (non-hydrogen) atoms. The van der Waals surface area contributed by atoms with E-state index in [1.54, 1.807) is 15.9 Å². The SMILES string of the molecule is CCCn1c(S[C@H](C)C#N)nc2sc3c(c2c1=O)CCC3. The molecule has 110 valence electrons. The van der Waals surface area contributed by atoms with Gasteiger partial charge in [0, 0.05) is 11.4 Å². The lowest BCUT2D eigenvalue weighted by molar-refractivity contribution is 0.585. The summed E-state index contributed by atoms with van der Waals surface area (Å²) in [7, 11) is 0. The van der Waals surface area contributed by atoms with Crippen molar-refractivity contribution in [1.29, 1.82) is 5.26 Å². The zero-order valence-corrected chi connectivity index (χ0v) is 13.8. The van der Waals surface area contributed by atoms with Crippen LogP contribution in [0.1, 0.15) is 37.1 Å². The van der Waals surface area contributed by atoms with Crippen LogP contribution in [0.2, 0.25) is 0 Å². The Labute approximate surface area is 131 Å². The molecule has 0 bridgehead atoms. The lowest BCUT2D eigenvalue weighted by Crippen LogP contribution is -2.23.